The minimum Gasteiger partial charge on any atom is -0.508 e. The minimum atomic E-state index is -3.82. The molecule has 0 heterocycles. The third-order valence-corrected chi connectivity index (χ3v) is 5.22. The lowest BCUT2D eigenvalue weighted by Gasteiger charge is -2.15. The molecule has 26 heavy (non-hydrogen) atoms. The summed E-state index contributed by atoms with van der Waals surface area (Å²) in [6.45, 7) is 5.54. The number of rotatable bonds is 5. The number of phenolic OH excluding ortho intramolecular Hbond substituents is 1. The van der Waals surface area contributed by atoms with Crippen molar-refractivity contribution in [2.75, 3.05) is 17.1 Å². The van der Waals surface area contributed by atoms with Crippen LogP contribution in [-0.4, -0.2) is 26.7 Å². The molecule has 2 aromatic carbocycles. The molecule has 0 aromatic heterocycles. The van der Waals surface area contributed by atoms with Gasteiger partial charge in [0.2, 0.25) is 0 Å². The van der Waals surface area contributed by atoms with E-state index in [1.54, 1.807) is 13.0 Å². The minimum absolute atomic E-state index is 0.0440. The van der Waals surface area contributed by atoms with Gasteiger partial charge < -0.3 is 9.84 Å². The summed E-state index contributed by atoms with van der Waals surface area (Å²) in [5, 5.41) is 12.5. The van der Waals surface area contributed by atoms with Crippen LogP contribution in [0.15, 0.2) is 41.3 Å². The van der Waals surface area contributed by atoms with Gasteiger partial charge in [-0.3, -0.25) is 10.0 Å². The summed E-state index contributed by atoms with van der Waals surface area (Å²) in [5.41, 5.74) is 2.09. The van der Waals surface area contributed by atoms with Gasteiger partial charge in [-0.05, 0) is 60.4 Å². The fraction of sp³-hybridized carbons (Fsp3) is 0.278. The molecule has 0 spiro atoms. The molecule has 0 aliphatic heterocycles. The number of nitrogens with one attached hydrogen (secondary N) is 2. The van der Waals surface area contributed by atoms with Crippen LogP contribution in [0.5, 0.6) is 5.75 Å². The van der Waals surface area contributed by atoms with Crippen LogP contribution >= 0.6 is 0 Å². The van der Waals surface area contributed by atoms with Crippen molar-refractivity contribution in [3.63, 3.8) is 0 Å². The van der Waals surface area contributed by atoms with Gasteiger partial charge in [-0.15, -0.1) is 0 Å². The highest BCUT2D eigenvalue weighted by molar-refractivity contribution is 7.92. The Labute approximate surface area is 153 Å². The molecule has 2 rings (SSSR count). The SMILES string of the molecule is COC(=O)Nc1ccc(S(=O)(=O)Nc2cc(C(C)C)c(O)cc2C)cc1. The van der Waals surface area contributed by atoms with Crippen molar-refractivity contribution >= 4 is 27.5 Å². The number of sulfonamides is 1. The lowest BCUT2D eigenvalue weighted by Crippen LogP contribution is -2.15. The molecule has 0 unspecified atom stereocenters. The Morgan fingerprint density at radius 1 is 1.15 bits per heavy atom. The van der Waals surface area contributed by atoms with Crippen molar-refractivity contribution in [3.05, 3.63) is 47.5 Å². The van der Waals surface area contributed by atoms with Crippen molar-refractivity contribution in [3.8, 4) is 5.75 Å². The monoisotopic (exact) mass is 378 g/mol. The van der Waals surface area contributed by atoms with E-state index < -0.39 is 16.1 Å². The second-order valence-electron chi connectivity index (χ2n) is 6.13. The summed E-state index contributed by atoms with van der Waals surface area (Å²) in [5.74, 6) is 0.182. The summed E-state index contributed by atoms with van der Waals surface area (Å²) in [6, 6.07) is 8.87. The first-order valence-electron chi connectivity index (χ1n) is 7.95. The topological polar surface area (TPSA) is 105 Å². The Kier molecular flexibility index (Phi) is 5.76. The normalized spacial score (nSPS) is 11.3. The smallest absolute Gasteiger partial charge is 0.411 e. The van der Waals surface area contributed by atoms with E-state index >= 15 is 0 Å². The van der Waals surface area contributed by atoms with Crippen LogP contribution in [0.3, 0.4) is 0 Å². The standard InChI is InChI=1S/C18H22N2O5S/c1-11(2)15-10-16(12(3)9-17(15)21)20-26(23,24)14-7-5-13(6-8-14)19-18(22)25-4/h5-11,20-21H,1-4H3,(H,19,22). The van der Waals surface area contributed by atoms with E-state index in [-0.39, 0.29) is 16.6 Å². The molecular formula is C18H22N2O5S. The summed E-state index contributed by atoms with van der Waals surface area (Å²) in [6.07, 6.45) is -0.639. The van der Waals surface area contributed by atoms with Crippen molar-refractivity contribution in [2.45, 2.75) is 31.6 Å². The summed E-state index contributed by atoms with van der Waals surface area (Å²) >= 11 is 0. The van der Waals surface area contributed by atoms with Crippen LogP contribution in [0.2, 0.25) is 0 Å². The van der Waals surface area contributed by atoms with Crippen molar-refractivity contribution < 1.29 is 23.1 Å². The molecule has 1 amide bonds. The molecule has 7 nitrogen and oxygen atoms in total. The maximum atomic E-state index is 12.6. The van der Waals surface area contributed by atoms with E-state index in [1.807, 2.05) is 13.8 Å². The molecule has 0 saturated carbocycles. The fourth-order valence-corrected chi connectivity index (χ4v) is 3.49. The predicted octanol–water partition coefficient (Wildman–Crippen LogP) is 3.80. The van der Waals surface area contributed by atoms with Crippen LogP contribution in [0.4, 0.5) is 16.2 Å². The largest absolute Gasteiger partial charge is 0.508 e. The number of hydrogen-bond acceptors (Lipinski definition) is 5. The van der Waals surface area contributed by atoms with Crippen LogP contribution in [0.1, 0.15) is 30.9 Å². The van der Waals surface area contributed by atoms with Crippen LogP contribution < -0.4 is 10.0 Å². The quantitative estimate of drug-likeness (QED) is 0.686. The second-order valence-corrected chi connectivity index (χ2v) is 7.81. The number of methoxy groups -OCH3 is 1. The number of anilines is 2. The van der Waals surface area contributed by atoms with Crippen LogP contribution in [-0.2, 0) is 14.8 Å². The molecule has 3 N–H and O–H groups in total. The highest BCUT2D eigenvalue weighted by Crippen LogP contribution is 2.32. The van der Waals surface area contributed by atoms with Crippen molar-refractivity contribution in [2.24, 2.45) is 0 Å². The average Bonchev–Trinajstić information content (AvgIpc) is 2.57. The van der Waals surface area contributed by atoms with Crippen LogP contribution in [0.25, 0.3) is 0 Å². The number of aryl methyl sites for hydroxylation is 1. The summed E-state index contributed by atoms with van der Waals surface area (Å²) in [7, 11) is -2.58. The summed E-state index contributed by atoms with van der Waals surface area (Å²) in [4.78, 5) is 11.2. The molecule has 140 valence electrons. The molecule has 0 atom stereocenters. The molecular weight excluding hydrogens is 356 g/mol. The lowest BCUT2D eigenvalue weighted by atomic mass is 9.99. The predicted molar refractivity (Wildman–Crippen MR) is 100 cm³/mol. The molecule has 0 saturated heterocycles. The summed E-state index contributed by atoms with van der Waals surface area (Å²) < 4.78 is 32.3. The number of amides is 1. The third kappa shape index (κ3) is 4.45. The van der Waals surface area contributed by atoms with Gasteiger partial charge in [0, 0.05) is 5.69 Å². The Morgan fingerprint density at radius 2 is 1.77 bits per heavy atom. The Balaban J connectivity index is 2.29. The van der Waals surface area contributed by atoms with Crippen LogP contribution in [0, 0.1) is 6.92 Å². The van der Waals surface area contributed by atoms with Gasteiger partial charge in [0.25, 0.3) is 10.0 Å². The number of benzene rings is 2. The Bertz CT molecular complexity index is 906. The van der Waals surface area contributed by atoms with E-state index in [2.05, 4.69) is 14.8 Å². The number of ether oxygens (including phenoxy) is 1. The zero-order valence-electron chi connectivity index (χ0n) is 15.0. The van der Waals surface area contributed by atoms with Gasteiger partial charge in [0.05, 0.1) is 17.7 Å². The lowest BCUT2D eigenvalue weighted by molar-refractivity contribution is 0.187. The van der Waals surface area contributed by atoms with E-state index in [9.17, 15) is 18.3 Å². The molecule has 0 aliphatic rings. The van der Waals surface area contributed by atoms with Gasteiger partial charge in [0.15, 0.2) is 0 Å². The number of phenols is 1. The maximum absolute atomic E-state index is 12.6. The van der Waals surface area contributed by atoms with Gasteiger partial charge in [-0.2, -0.15) is 0 Å². The molecule has 0 aliphatic carbocycles. The first-order valence-corrected chi connectivity index (χ1v) is 9.43. The number of carbonyl (C=O) groups excluding carboxylic acids is 1. The second kappa shape index (κ2) is 7.65. The first-order chi connectivity index (χ1) is 12.1. The molecule has 0 fully saturated rings. The van der Waals surface area contributed by atoms with Gasteiger partial charge in [-0.1, -0.05) is 13.8 Å². The van der Waals surface area contributed by atoms with Gasteiger partial charge >= 0.3 is 6.09 Å². The zero-order chi connectivity index (χ0) is 19.5. The highest BCUT2D eigenvalue weighted by atomic mass is 32.2. The van der Waals surface area contributed by atoms with Crippen molar-refractivity contribution in [1.82, 2.24) is 0 Å². The molecule has 2 aromatic rings. The first kappa shape index (κ1) is 19.6. The fourth-order valence-electron chi connectivity index (χ4n) is 2.37. The van der Waals surface area contributed by atoms with E-state index in [0.717, 1.165) is 0 Å². The maximum Gasteiger partial charge on any atom is 0.411 e. The molecule has 0 bridgehead atoms. The molecule has 0 radical (unpaired) electrons. The van der Waals surface area contributed by atoms with Gasteiger partial charge in [-0.25, -0.2) is 13.2 Å². The average molecular weight is 378 g/mol. The van der Waals surface area contributed by atoms with E-state index in [0.29, 0.717) is 22.5 Å². The number of carbonyl (C=O) groups is 1. The van der Waals surface area contributed by atoms with E-state index in [1.165, 1.54) is 37.4 Å². The highest BCUT2D eigenvalue weighted by Gasteiger charge is 2.18. The molecule has 8 heteroatoms. The van der Waals surface area contributed by atoms with Crippen molar-refractivity contribution in [1.29, 1.82) is 0 Å². The van der Waals surface area contributed by atoms with Gasteiger partial charge in [0.1, 0.15) is 5.75 Å². The number of hydrogen-bond donors (Lipinski definition) is 3. The van der Waals surface area contributed by atoms with E-state index in [4.69, 9.17) is 0 Å². The third-order valence-electron chi connectivity index (χ3n) is 3.84. The Hall–Kier alpha value is -2.74. The Morgan fingerprint density at radius 3 is 2.31 bits per heavy atom. The number of aromatic hydroxyl groups is 1. The zero-order valence-corrected chi connectivity index (χ0v) is 15.8.